The fourth-order valence-corrected chi connectivity index (χ4v) is 3.55. The van der Waals surface area contributed by atoms with E-state index in [1.54, 1.807) is 4.90 Å². The van der Waals surface area contributed by atoms with E-state index in [9.17, 15) is 9.59 Å². The Hall–Kier alpha value is -2.77. The van der Waals surface area contributed by atoms with Crippen molar-refractivity contribution in [2.75, 3.05) is 39.3 Å². The van der Waals surface area contributed by atoms with Crippen LogP contribution in [-0.4, -0.2) is 73.1 Å². The number of nitrogens with zero attached hydrogens (tertiary/aromatic N) is 3. The quantitative estimate of drug-likeness (QED) is 0.488. The van der Waals surface area contributed by atoms with Gasteiger partial charge in [-0.1, -0.05) is 12.1 Å². The Bertz CT molecular complexity index is 723. The van der Waals surface area contributed by atoms with Gasteiger partial charge in [-0.25, -0.2) is 9.79 Å². The molecule has 0 bridgehead atoms. The first kappa shape index (κ1) is 24.5. The van der Waals surface area contributed by atoms with Crippen LogP contribution in [0.15, 0.2) is 29.3 Å². The van der Waals surface area contributed by atoms with E-state index in [0.717, 1.165) is 30.9 Å². The van der Waals surface area contributed by atoms with Crippen LogP contribution in [-0.2, 0) is 11.3 Å². The summed E-state index contributed by atoms with van der Waals surface area (Å²) < 4.78 is 5.08. The molecule has 2 rings (SSSR count). The molecule has 2 N–H and O–H groups in total. The van der Waals surface area contributed by atoms with E-state index in [4.69, 9.17) is 9.73 Å². The SMILES string of the molecule is CCNC(=NCc1ccc(C(=O)N(CC)CC)cc1)NC1CCN(C(=O)OCC)CC1. The molecule has 8 nitrogen and oxygen atoms in total. The third-order valence-electron chi connectivity index (χ3n) is 5.38. The monoisotopic (exact) mass is 431 g/mol. The van der Waals surface area contributed by atoms with Gasteiger partial charge in [0.2, 0.25) is 0 Å². The summed E-state index contributed by atoms with van der Waals surface area (Å²) in [4.78, 5) is 32.6. The minimum atomic E-state index is -0.232. The van der Waals surface area contributed by atoms with Crippen LogP contribution in [0.25, 0.3) is 0 Å². The number of likely N-dealkylation sites (tertiary alicyclic amines) is 1. The summed E-state index contributed by atoms with van der Waals surface area (Å²) in [5.74, 6) is 0.824. The third kappa shape index (κ3) is 7.45. The second-order valence-electron chi connectivity index (χ2n) is 7.47. The minimum Gasteiger partial charge on any atom is -0.450 e. The maximum absolute atomic E-state index is 12.4. The highest BCUT2D eigenvalue weighted by atomic mass is 16.6. The van der Waals surface area contributed by atoms with Gasteiger partial charge < -0.3 is 25.2 Å². The Morgan fingerprint density at radius 3 is 2.29 bits per heavy atom. The number of rotatable bonds is 8. The van der Waals surface area contributed by atoms with Crippen LogP contribution >= 0.6 is 0 Å². The van der Waals surface area contributed by atoms with Gasteiger partial charge in [0.15, 0.2) is 5.96 Å². The highest BCUT2D eigenvalue weighted by Crippen LogP contribution is 2.12. The first-order chi connectivity index (χ1) is 15.0. The molecular weight excluding hydrogens is 394 g/mol. The van der Waals surface area contributed by atoms with E-state index in [1.807, 2.05) is 56.9 Å². The summed E-state index contributed by atoms with van der Waals surface area (Å²) in [6, 6.07) is 7.93. The van der Waals surface area contributed by atoms with E-state index in [2.05, 4.69) is 10.6 Å². The molecule has 172 valence electrons. The van der Waals surface area contributed by atoms with E-state index >= 15 is 0 Å². The van der Waals surface area contributed by atoms with Gasteiger partial charge in [-0.2, -0.15) is 0 Å². The topological polar surface area (TPSA) is 86.3 Å². The van der Waals surface area contributed by atoms with Crippen molar-refractivity contribution in [3.05, 3.63) is 35.4 Å². The average Bonchev–Trinajstić information content (AvgIpc) is 2.79. The van der Waals surface area contributed by atoms with Crippen LogP contribution in [0.3, 0.4) is 0 Å². The number of hydrogen-bond acceptors (Lipinski definition) is 4. The van der Waals surface area contributed by atoms with Gasteiger partial charge in [-0.15, -0.1) is 0 Å². The maximum atomic E-state index is 12.4. The molecule has 31 heavy (non-hydrogen) atoms. The normalized spacial score (nSPS) is 14.8. The van der Waals surface area contributed by atoms with Crippen molar-refractivity contribution in [3.63, 3.8) is 0 Å². The lowest BCUT2D eigenvalue weighted by atomic mass is 10.1. The lowest BCUT2D eigenvalue weighted by molar-refractivity contribution is 0.0772. The lowest BCUT2D eigenvalue weighted by Crippen LogP contribution is -2.49. The lowest BCUT2D eigenvalue weighted by Gasteiger charge is -2.32. The number of nitrogens with one attached hydrogen (secondary N) is 2. The van der Waals surface area contributed by atoms with E-state index in [1.165, 1.54) is 0 Å². The predicted molar refractivity (Wildman–Crippen MR) is 123 cm³/mol. The van der Waals surface area contributed by atoms with Crippen molar-refractivity contribution in [2.45, 2.75) is 53.1 Å². The molecule has 0 radical (unpaired) electrons. The number of guanidine groups is 1. The zero-order chi connectivity index (χ0) is 22.6. The largest absolute Gasteiger partial charge is 0.450 e. The van der Waals surface area contributed by atoms with E-state index in [-0.39, 0.29) is 18.0 Å². The Balaban J connectivity index is 1.91. The van der Waals surface area contributed by atoms with Crippen molar-refractivity contribution in [2.24, 2.45) is 4.99 Å². The second kappa shape index (κ2) is 12.8. The summed E-state index contributed by atoms with van der Waals surface area (Å²) in [5.41, 5.74) is 1.75. The van der Waals surface area contributed by atoms with Crippen LogP contribution in [0.5, 0.6) is 0 Å². The molecule has 2 amide bonds. The number of piperidine rings is 1. The van der Waals surface area contributed by atoms with Crippen molar-refractivity contribution < 1.29 is 14.3 Å². The molecule has 1 saturated heterocycles. The fraction of sp³-hybridized carbons (Fsp3) is 0.609. The second-order valence-corrected chi connectivity index (χ2v) is 7.47. The number of hydrogen-bond donors (Lipinski definition) is 2. The molecule has 0 spiro atoms. The highest BCUT2D eigenvalue weighted by Gasteiger charge is 2.24. The molecule has 1 aromatic carbocycles. The molecule has 0 aliphatic carbocycles. The summed E-state index contributed by atoms with van der Waals surface area (Å²) >= 11 is 0. The van der Waals surface area contributed by atoms with Crippen LogP contribution in [0.4, 0.5) is 4.79 Å². The molecule has 0 atom stereocenters. The smallest absolute Gasteiger partial charge is 0.409 e. The zero-order valence-electron chi connectivity index (χ0n) is 19.3. The van der Waals surface area contributed by atoms with Crippen LogP contribution in [0, 0.1) is 0 Å². The summed E-state index contributed by atoms with van der Waals surface area (Å²) in [6.07, 6.45) is 1.47. The van der Waals surface area contributed by atoms with Crippen molar-refractivity contribution in [3.8, 4) is 0 Å². The Labute approximate surface area is 186 Å². The predicted octanol–water partition coefficient (Wildman–Crippen LogP) is 2.84. The van der Waals surface area contributed by atoms with Crippen molar-refractivity contribution in [1.29, 1.82) is 0 Å². The highest BCUT2D eigenvalue weighted by molar-refractivity contribution is 5.94. The molecule has 1 heterocycles. The van der Waals surface area contributed by atoms with Crippen molar-refractivity contribution in [1.82, 2.24) is 20.4 Å². The fourth-order valence-electron chi connectivity index (χ4n) is 3.55. The molecule has 8 heteroatoms. The van der Waals surface area contributed by atoms with E-state index in [0.29, 0.717) is 44.9 Å². The summed E-state index contributed by atoms with van der Waals surface area (Å²) in [6.45, 7) is 12.3. The number of ether oxygens (including phenoxy) is 1. The Kier molecular flexibility index (Phi) is 10.1. The molecule has 0 unspecified atom stereocenters. The van der Waals surface area contributed by atoms with Gasteiger partial charge in [-0.3, -0.25) is 4.79 Å². The molecule has 0 aromatic heterocycles. The summed E-state index contributed by atoms with van der Waals surface area (Å²) in [5, 5.41) is 6.76. The molecule has 1 aliphatic heterocycles. The van der Waals surface area contributed by atoms with Crippen LogP contribution in [0.2, 0.25) is 0 Å². The minimum absolute atomic E-state index is 0.0595. The van der Waals surface area contributed by atoms with E-state index < -0.39 is 0 Å². The average molecular weight is 432 g/mol. The van der Waals surface area contributed by atoms with Gasteiger partial charge in [-0.05, 0) is 58.2 Å². The summed E-state index contributed by atoms with van der Waals surface area (Å²) in [7, 11) is 0. The number of benzene rings is 1. The van der Waals surface area contributed by atoms with Gasteiger partial charge in [0, 0.05) is 44.3 Å². The zero-order valence-corrected chi connectivity index (χ0v) is 19.3. The van der Waals surface area contributed by atoms with Gasteiger partial charge in [0.05, 0.1) is 13.2 Å². The van der Waals surface area contributed by atoms with Gasteiger partial charge in [0.25, 0.3) is 5.91 Å². The first-order valence-corrected chi connectivity index (χ1v) is 11.4. The Morgan fingerprint density at radius 1 is 1.10 bits per heavy atom. The van der Waals surface area contributed by atoms with Crippen LogP contribution in [0.1, 0.15) is 56.5 Å². The first-order valence-electron chi connectivity index (χ1n) is 11.4. The standard InChI is InChI=1S/C23H37N5O3/c1-5-24-22(26-20-13-15-28(16-14-20)23(30)31-8-4)25-17-18-9-11-19(12-10-18)21(29)27(6-2)7-3/h9-12,20H,5-8,13-17H2,1-4H3,(H2,24,25,26). The molecule has 1 aromatic rings. The maximum Gasteiger partial charge on any atom is 0.409 e. The molecule has 0 saturated carbocycles. The number of carbonyl (C=O) groups is 2. The molecule has 1 fully saturated rings. The van der Waals surface area contributed by atoms with Crippen LogP contribution < -0.4 is 10.6 Å². The number of amides is 2. The molecule has 1 aliphatic rings. The number of aliphatic imine (C=N–C) groups is 1. The molecular formula is C23H37N5O3. The Morgan fingerprint density at radius 2 is 1.74 bits per heavy atom. The third-order valence-corrected chi connectivity index (χ3v) is 5.38. The van der Waals surface area contributed by atoms with Crippen molar-refractivity contribution >= 4 is 18.0 Å². The number of carbonyl (C=O) groups excluding carboxylic acids is 2. The van der Waals surface area contributed by atoms with Gasteiger partial charge in [0.1, 0.15) is 0 Å². The van der Waals surface area contributed by atoms with Gasteiger partial charge >= 0.3 is 6.09 Å².